The molecule has 2 N–H and O–H groups in total. The number of hydrogen-bond donors (Lipinski definition) is 2. The Kier molecular flexibility index (Phi) is 6.11. The molecule has 6 heteroatoms. The van der Waals surface area contributed by atoms with Crippen molar-refractivity contribution >= 4 is 31.6 Å². The van der Waals surface area contributed by atoms with Gasteiger partial charge >= 0.3 is 0 Å². The molecule has 0 aromatic heterocycles. The molecule has 0 bridgehead atoms. The molecule has 0 aliphatic heterocycles. The minimum atomic E-state index is -3.27. The molecule has 1 aromatic rings. The standard InChI is InChI=1S/C12H19BrN2O2S/c1-3-14-7-4-8-18(16,17)15-12-6-5-10(2)9-11(12)13/h5-6,9,14-15H,3-4,7-8H2,1-2H3. The molecule has 0 aliphatic rings. The summed E-state index contributed by atoms with van der Waals surface area (Å²) in [7, 11) is -3.27. The maximum Gasteiger partial charge on any atom is 0.232 e. The first kappa shape index (κ1) is 15.5. The Balaban J connectivity index is 2.59. The Bertz CT molecular complexity index is 489. The fourth-order valence-electron chi connectivity index (χ4n) is 1.49. The zero-order valence-electron chi connectivity index (χ0n) is 10.7. The number of rotatable bonds is 7. The van der Waals surface area contributed by atoms with Crippen molar-refractivity contribution in [2.45, 2.75) is 20.3 Å². The molecule has 0 fully saturated rings. The van der Waals surface area contributed by atoms with Crippen LogP contribution in [0.15, 0.2) is 22.7 Å². The monoisotopic (exact) mass is 334 g/mol. The summed E-state index contributed by atoms with van der Waals surface area (Å²) in [5.74, 6) is 0.125. The SMILES string of the molecule is CCNCCCS(=O)(=O)Nc1ccc(C)cc1Br. The van der Waals surface area contributed by atoms with E-state index in [1.54, 1.807) is 6.07 Å². The summed E-state index contributed by atoms with van der Waals surface area (Å²) < 4.78 is 27.0. The van der Waals surface area contributed by atoms with Gasteiger partial charge in [-0.05, 0) is 60.1 Å². The second-order valence-electron chi connectivity index (χ2n) is 4.11. The summed E-state index contributed by atoms with van der Waals surface area (Å²) in [5.41, 5.74) is 1.67. The van der Waals surface area contributed by atoms with E-state index in [0.29, 0.717) is 18.7 Å². The first-order valence-electron chi connectivity index (χ1n) is 5.92. The Morgan fingerprint density at radius 3 is 2.67 bits per heavy atom. The van der Waals surface area contributed by atoms with Gasteiger partial charge in [0, 0.05) is 4.47 Å². The van der Waals surface area contributed by atoms with Crippen LogP contribution < -0.4 is 10.0 Å². The van der Waals surface area contributed by atoms with Crippen molar-refractivity contribution < 1.29 is 8.42 Å². The number of aryl methyl sites for hydroxylation is 1. The van der Waals surface area contributed by atoms with Crippen molar-refractivity contribution in [3.8, 4) is 0 Å². The average Bonchev–Trinajstić information content (AvgIpc) is 2.28. The highest BCUT2D eigenvalue weighted by molar-refractivity contribution is 9.10. The van der Waals surface area contributed by atoms with E-state index in [1.807, 2.05) is 26.0 Å². The lowest BCUT2D eigenvalue weighted by Gasteiger charge is -2.10. The number of nitrogens with one attached hydrogen (secondary N) is 2. The van der Waals surface area contributed by atoms with Crippen molar-refractivity contribution in [3.05, 3.63) is 28.2 Å². The molecular weight excluding hydrogens is 316 g/mol. The predicted octanol–water partition coefficient (Wildman–Crippen LogP) is 2.50. The second kappa shape index (κ2) is 7.11. The molecule has 102 valence electrons. The number of benzene rings is 1. The molecule has 0 saturated carbocycles. The average molecular weight is 335 g/mol. The van der Waals surface area contributed by atoms with E-state index in [-0.39, 0.29) is 5.75 Å². The summed E-state index contributed by atoms with van der Waals surface area (Å²) >= 11 is 3.35. The molecule has 0 heterocycles. The molecule has 1 rings (SSSR count). The van der Waals surface area contributed by atoms with E-state index in [2.05, 4.69) is 26.0 Å². The fraction of sp³-hybridized carbons (Fsp3) is 0.500. The van der Waals surface area contributed by atoms with Crippen molar-refractivity contribution in [3.63, 3.8) is 0 Å². The summed E-state index contributed by atoms with van der Waals surface area (Å²) in [5, 5.41) is 3.10. The Hall–Kier alpha value is -0.590. The Morgan fingerprint density at radius 2 is 2.06 bits per heavy atom. The quantitative estimate of drug-likeness (QED) is 0.753. The summed E-state index contributed by atoms with van der Waals surface area (Å²) in [4.78, 5) is 0. The first-order chi connectivity index (χ1) is 8.44. The zero-order chi connectivity index (χ0) is 13.6. The smallest absolute Gasteiger partial charge is 0.232 e. The number of halogens is 1. The van der Waals surface area contributed by atoms with Gasteiger partial charge in [0.15, 0.2) is 0 Å². The van der Waals surface area contributed by atoms with Gasteiger partial charge in [-0.1, -0.05) is 13.0 Å². The van der Waals surface area contributed by atoms with Crippen molar-refractivity contribution in [1.82, 2.24) is 5.32 Å². The molecule has 0 radical (unpaired) electrons. The highest BCUT2D eigenvalue weighted by Crippen LogP contribution is 2.24. The summed E-state index contributed by atoms with van der Waals surface area (Å²) in [6.07, 6.45) is 0.604. The van der Waals surface area contributed by atoms with Crippen molar-refractivity contribution in [2.24, 2.45) is 0 Å². The Labute approximate surface area is 117 Å². The van der Waals surface area contributed by atoms with Gasteiger partial charge in [-0.25, -0.2) is 8.42 Å². The van der Waals surface area contributed by atoms with Crippen LogP contribution >= 0.6 is 15.9 Å². The second-order valence-corrected chi connectivity index (χ2v) is 6.81. The summed E-state index contributed by atoms with van der Waals surface area (Å²) in [6.45, 7) is 5.53. The van der Waals surface area contributed by atoms with E-state index in [1.165, 1.54) is 0 Å². The summed E-state index contributed by atoms with van der Waals surface area (Å²) in [6, 6.07) is 5.53. The lowest BCUT2D eigenvalue weighted by molar-refractivity contribution is 0.595. The normalized spacial score (nSPS) is 11.5. The van der Waals surface area contributed by atoms with Gasteiger partial charge in [0.05, 0.1) is 11.4 Å². The largest absolute Gasteiger partial charge is 0.317 e. The molecule has 18 heavy (non-hydrogen) atoms. The van der Waals surface area contributed by atoms with Crippen LogP contribution in [0.1, 0.15) is 18.9 Å². The van der Waals surface area contributed by atoms with Gasteiger partial charge in [-0.15, -0.1) is 0 Å². The topological polar surface area (TPSA) is 58.2 Å². The van der Waals surface area contributed by atoms with E-state index < -0.39 is 10.0 Å². The molecule has 0 aliphatic carbocycles. The third kappa shape index (κ3) is 5.37. The molecule has 0 amide bonds. The van der Waals surface area contributed by atoms with E-state index in [9.17, 15) is 8.42 Å². The van der Waals surface area contributed by atoms with Gasteiger partial charge in [0.1, 0.15) is 0 Å². The fourth-order valence-corrected chi connectivity index (χ4v) is 3.35. The third-order valence-corrected chi connectivity index (χ3v) is 4.42. The van der Waals surface area contributed by atoms with Crippen LogP contribution in [0, 0.1) is 6.92 Å². The van der Waals surface area contributed by atoms with Crippen molar-refractivity contribution in [2.75, 3.05) is 23.6 Å². The van der Waals surface area contributed by atoms with Crippen LogP contribution in [0.2, 0.25) is 0 Å². The molecule has 4 nitrogen and oxygen atoms in total. The maximum absolute atomic E-state index is 11.8. The van der Waals surface area contributed by atoms with Crippen molar-refractivity contribution in [1.29, 1.82) is 0 Å². The van der Waals surface area contributed by atoms with Crippen LogP contribution in [0.5, 0.6) is 0 Å². The van der Waals surface area contributed by atoms with Gasteiger partial charge in [0.25, 0.3) is 0 Å². The van der Waals surface area contributed by atoms with Crippen LogP contribution in [-0.4, -0.2) is 27.3 Å². The van der Waals surface area contributed by atoms with Crippen LogP contribution in [-0.2, 0) is 10.0 Å². The molecular formula is C12H19BrN2O2S. The Morgan fingerprint density at radius 1 is 1.33 bits per heavy atom. The lowest BCUT2D eigenvalue weighted by Crippen LogP contribution is -2.22. The minimum absolute atomic E-state index is 0.125. The first-order valence-corrected chi connectivity index (χ1v) is 8.36. The van der Waals surface area contributed by atoms with Gasteiger partial charge in [-0.2, -0.15) is 0 Å². The van der Waals surface area contributed by atoms with Gasteiger partial charge in [-0.3, -0.25) is 4.72 Å². The third-order valence-electron chi connectivity index (χ3n) is 2.41. The van der Waals surface area contributed by atoms with Crippen LogP contribution in [0.4, 0.5) is 5.69 Å². The molecule has 0 unspecified atom stereocenters. The van der Waals surface area contributed by atoms with E-state index in [0.717, 1.165) is 16.6 Å². The highest BCUT2D eigenvalue weighted by atomic mass is 79.9. The zero-order valence-corrected chi connectivity index (χ0v) is 13.1. The molecule has 0 spiro atoms. The minimum Gasteiger partial charge on any atom is -0.317 e. The molecule has 0 saturated heterocycles. The van der Waals surface area contributed by atoms with E-state index >= 15 is 0 Å². The van der Waals surface area contributed by atoms with E-state index in [4.69, 9.17) is 0 Å². The highest BCUT2D eigenvalue weighted by Gasteiger charge is 2.11. The van der Waals surface area contributed by atoms with Crippen LogP contribution in [0.25, 0.3) is 0 Å². The lowest BCUT2D eigenvalue weighted by atomic mass is 10.2. The number of hydrogen-bond acceptors (Lipinski definition) is 3. The van der Waals surface area contributed by atoms with Gasteiger partial charge < -0.3 is 5.32 Å². The van der Waals surface area contributed by atoms with Gasteiger partial charge in [0.2, 0.25) is 10.0 Å². The predicted molar refractivity (Wildman–Crippen MR) is 79.4 cm³/mol. The molecule has 1 aromatic carbocycles. The molecule has 0 atom stereocenters. The number of sulfonamides is 1. The van der Waals surface area contributed by atoms with Crippen LogP contribution in [0.3, 0.4) is 0 Å². The maximum atomic E-state index is 11.8. The number of anilines is 1.